The molecule has 0 N–H and O–H groups in total. The lowest BCUT2D eigenvalue weighted by Gasteiger charge is -2.11. The lowest BCUT2D eigenvalue weighted by atomic mass is 9.91. The van der Waals surface area contributed by atoms with Gasteiger partial charge in [0.15, 0.2) is 0 Å². The number of hydrogen-bond acceptors (Lipinski definition) is 1. The summed E-state index contributed by atoms with van der Waals surface area (Å²) in [6, 6.07) is 46.9. The van der Waals surface area contributed by atoms with Crippen LogP contribution in [0.5, 0.6) is 0 Å². The van der Waals surface area contributed by atoms with Gasteiger partial charge in [-0.2, -0.15) is 0 Å². The van der Waals surface area contributed by atoms with Gasteiger partial charge in [0, 0.05) is 11.1 Å². The second kappa shape index (κ2) is 8.24. The molecule has 1 aliphatic heterocycles. The molecule has 8 rings (SSSR count). The van der Waals surface area contributed by atoms with Crippen molar-refractivity contribution in [2.75, 3.05) is 0 Å². The summed E-state index contributed by atoms with van der Waals surface area (Å²) in [7, 11) is -1.27. The van der Waals surface area contributed by atoms with Gasteiger partial charge in [-0.15, -0.1) is 0 Å². The third-order valence-electron chi connectivity index (χ3n) is 7.82. The van der Waals surface area contributed by atoms with Crippen molar-refractivity contribution in [3.8, 4) is 33.4 Å². The van der Waals surface area contributed by atoms with Gasteiger partial charge < -0.3 is 0 Å². The minimum absolute atomic E-state index is 0.919. The normalized spacial score (nSPS) is 14.2. The molecule has 7 aromatic carbocycles. The molecule has 1 atom stereocenters. The van der Waals surface area contributed by atoms with Crippen LogP contribution in [0.1, 0.15) is 0 Å². The third kappa shape index (κ3) is 3.08. The van der Waals surface area contributed by atoms with Crippen LogP contribution >= 0.6 is 0 Å². The average Bonchev–Trinajstić information content (AvgIpc) is 3.30. The molecule has 0 amide bonds. The summed E-state index contributed by atoms with van der Waals surface area (Å²) < 4.78 is 14.3. The Hall–Kier alpha value is -4.53. The number of benzene rings is 7. The van der Waals surface area contributed by atoms with E-state index in [0.717, 1.165) is 48.2 Å². The second-order valence-electron chi connectivity index (χ2n) is 9.89. The molecule has 0 fully saturated rings. The minimum Gasteiger partial charge on any atom is -0.249 e. The lowest BCUT2D eigenvalue weighted by molar-refractivity contribution is 0.685. The Kier molecular flexibility index (Phi) is 4.67. The van der Waals surface area contributed by atoms with Crippen LogP contribution in [0, 0.1) is 0 Å². The molecule has 0 spiro atoms. The first-order valence-corrected chi connectivity index (χ1v) is 14.0. The molecular weight excluding hydrogens is 480 g/mol. The first-order valence-electron chi connectivity index (χ1n) is 12.9. The maximum Gasteiger partial charge on any atom is 0.0875 e. The molecule has 0 saturated carbocycles. The van der Waals surface area contributed by atoms with Gasteiger partial charge in [-0.3, -0.25) is 0 Å². The smallest absolute Gasteiger partial charge is 0.0875 e. The summed E-state index contributed by atoms with van der Waals surface area (Å²) in [5, 5.41) is 7.09. The van der Waals surface area contributed by atoms with Gasteiger partial charge in [0.2, 0.25) is 0 Å². The Morgan fingerprint density at radius 3 is 1.76 bits per heavy atom. The van der Waals surface area contributed by atoms with Crippen LogP contribution in [0.4, 0.5) is 0 Å². The zero-order valence-electron chi connectivity index (χ0n) is 20.5. The Bertz CT molecular complexity index is 2090. The highest BCUT2D eigenvalue weighted by atomic mass is 32.2. The van der Waals surface area contributed by atoms with E-state index < -0.39 is 10.8 Å². The molecule has 0 bridgehead atoms. The largest absolute Gasteiger partial charge is 0.249 e. The molecule has 38 heavy (non-hydrogen) atoms. The van der Waals surface area contributed by atoms with Crippen LogP contribution in [-0.4, -0.2) is 4.21 Å². The van der Waals surface area contributed by atoms with Gasteiger partial charge in [-0.1, -0.05) is 127 Å². The Morgan fingerprint density at radius 1 is 0.395 bits per heavy atom. The van der Waals surface area contributed by atoms with E-state index >= 15 is 0 Å². The first-order chi connectivity index (χ1) is 18.8. The molecule has 1 aliphatic rings. The minimum atomic E-state index is -1.27. The highest BCUT2D eigenvalue weighted by Crippen LogP contribution is 2.51. The van der Waals surface area contributed by atoms with Crippen molar-refractivity contribution in [3.63, 3.8) is 0 Å². The van der Waals surface area contributed by atoms with E-state index in [1.165, 1.54) is 27.3 Å². The molecule has 1 unspecified atom stereocenters. The van der Waals surface area contributed by atoms with Crippen LogP contribution in [0.2, 0.25) is 0 Å². The van der Waals surface area contributed by atoms with Crippen molar-refractivity contribution in [3.05, 3.63) is 133 Å². The zero-order valence-corrected chi connectivity index (χ0v) is 21.3. The van der Waals surface area contributed by atoms with Crippen molar-refractivity contribution in [1.82, 2.24) is 0 Å². The summed E-state index contributed by atoms with van der Waals surface area (Å²) in [6.45, 7) is 0. The fourth-order valence-corrected chi connectivity index (χ4v) is 7.79. The van der Waals surface area contributed by atoms with Crippen LogP contribution < -0.4 is 0 Å². The monoisotopic (exact) mass is 502 g/mol. The summed E-state index contributed by atoms with van der Waals surface area (Å²) in [5.41, 5.74) is 6.69. The maximum absolute atomic E-state index is 14.3. The van der Waals surface area contributed by atoms with Crippen molar-refractivity contribution in [2.45, 2.75) is 9.79 Å². The predicted molar refractivity (Wildman–Crippen MR) is 160 cm³/mol. The van der Waals surface area contributed by atoms with Crippen molar-refractivity contribution in [2.24, 2.45) is 0 Å². The summed E-state index contributed by atoms with van der Waals surface area (Å²) in [6.07, 6.45) is 0. The van der Waals surface area contributed by atoms with E-state index in [4.69, 9.17) is 0 Å². The molecule has 1 heterocycles. The zero-order chi connectivity index (χ0) is 25.2. The highest BCUT2D eigenvalue weighted by molar-refractivity contribution is 7.86. The van der Waals surface area contributed by atoms with E-state index in [0.29, 0.717) is 0 Å². The molecule has 7 aromatic rings. The SMILES string of the molecule is O=S1c2c(-c3ccc(-c4ccc5ccccc5c4)cc3)cccc2-c2c1c1ccccc1c1ccccc21. The number of hydrogen-bond donors (Lipinski definition) is 0. The third-order valence-corrected chi connectivity index (χ3v) is 9.42. The van der Waals surface area contributed by atoms with Gasteiger partial charge in [-0.25, -0.2) is 4.21 Å². The second-order valence-corrected chi connectivity index (χ2v) is 11.2. The van der Waals surface area contributed by atoms with E-state index in [1.54, 1.807) is 0 Å². The average molecular weight is 503 g/mol. The Labute approximate surface area is 223 Å². The maximum atomic E-state index is 14.3. The van der Waals surface area contributed by atoms with E-state index in [-0.39, 0.29) is 0 Å². The molecular formula is C36H22OS. The summed E-state index contributed by atoms with van der Waals surface area (Å²) in [5.74, 6) is 0. The van der Waals surface area contributed by atoms with Crippen LogP contribution in [-0.2, 0) is 10.8 Å². The Morgan fingerprint density at radius 2 is 0.974 bits per heavy atom. The highest BCUT2D eigenvalue weighted by Gasteiger charge is 2.32. The summed E-state index contributed by atoms with van der Waals surface area (Å²) >= 11 is 0. The molecule has 0 aromatic heterocycles. The molecule has 0 aliphatic carbocycles. The standard InChI is InChI=1S/C36H22OS/c37-38-35-28(25-19-16-24(17-20-25)27-21-18-23-8-1-2-9-26(23)22-27)14-7-15-33(35)34-31-12-5-3-10-29(31)30-11-4-6-13-32(30)36(34)38/h1-22H. The predicted octanol–water partition coefficient (Wildman–Crippen LogP) is 9.63. The van der Waals surface area contributed by atoms with Gasteiger partial charge in [0.05, 0.1) is 20.6 Å². The topological polar surface area (TPSA) is 17.1 Å². The quantitative estimate of drug-likeness (QED) is 0.215. The van der Waals surface area contributed by atoms with Crippen molar-refractivity contribution >= 4 is 43.1 Å². The number of rotatable bonds is 2. The Balaban J connectivity index is 1.30. The summed E-state index contributed by atoms with van der Waals surface area (Å²) in [4.78, 5) is 1.86. The van der Waals surface area contributed by atoms with E-state index in [1.807, 2.05) is 6.07 Å². The van der Waals surface area contributed by atoms with Crippen molar-refractivity contribution < 1.29 is 4.21 Å². The molecule has 1 nitrogen and oxygen atoms in total. The molecule has 0 saturated heterocycles. The van der Waals surface area contributed by atoms with Crippen LogP contribution in [0.15, 0.2) is 143 Å². The lowest BCUT2D eigenvalue weighted by Crippen LogP contribution is -1.92. The van der Waals surface area contributed by atoms with Gasteiger partial charge in [0.25, 0.3) is 0 Å². The van der Waals surface area contributed by atoms with E-state index in [9.17, 15) is 4.21 Å². The molecule has 2 heteroatoms. The van der Waals surface area contributed by atoms with Gasteiger partial charge in [0.1, 0.15) is 0 Å². The van der Waals surface area contributed by atoms with Crippen molar-refractivity contribution in [1.29, 1.82) is 0 Å². The van der Waals surface area contributed by atoms with Crippen LogP contribution in [0.25, 0.3) is 65.7 Å². The van der Waals surface area contributed by atoms with E-state index in [2.05, 4.69) is 127 Å². The van der Waals surface area contributed by atoms with Gasteiger partial charge >= 0.3 is 0 Å². The van der Waals surface area contributed by atoms with Crippen LogP contribution in [0.3, 0.4) is 0 Å². The fourth-order valence-electron chi connectivity index (χ4n) is 6.04. The molecule has 178 valence electrons. The van der Waals surface area contributed by atoms with Gasteiger partial charge in [-0.05, 0) is 60.6 Å². The molecule has 0 radical (unpaired) electrons. The number of fused-ring (bicyclic) bond motifs is 9. The first kappa shape index (κ1) is 21.5. The fraction of sp³-hybridized carbons (Fsp3) is 0.